The van der Waals surface area contributed by atoms with Gasteiger partial charge in [0.2, 0.25) is 0 Å². The molecule has 0 amide bonds. The molecule has 1 aromatic carbocycles. The first-order valence-corrected chi connectivity index (χ1v) is 3.72. The molecule has 12 heavy (non-hydrogen) atoms. The SMILES string of the molecule is C=C.CNCc1ccc(F)cc1. The van der Waals surface area contributed by atoms with Crippen LogP contribution in [0.5, 0.6) is 0 Å². The number of nitrogens with one attached hydrogen (secondary N) is 1. The van der Waals surface area contributed by atoms with E-state index in [0.717, 1.165) is 12.1 Å². The van der Waals surface area contributed by atoms with E-state index in [1.54, 1.807) is 12.1 Å². The third-order valence-corrected chi connectivity index (χ3v) is 1.29. The molecule has 0 spiro atoms. The number of hydrogen-bond donors (Lipinski definition) is 1. The van der Waals surface area contributed by atoms with Crippen LogP contribution in [0.15, 0.2) is 37.4 Å². The minimum atomic E-state index is -0.181. The Morgan fingerprint density at radius 1 is 1.25 bits per heavy atom. The van der Waals surface area contributed by atoms with Crippen molar-refractivity contribution < 1.29 is 4.39 Å². The average Bonchev–Trinajstić information content (AvgIpc) is 2.13. The van der Waals surface area contributed by atoms with Gasteiger partial charge in [-0.2, -0.15) is 0 Å². The summed E-state index contributed by atoms with van der Waals surface area (Å²) in [6.07, 6.45) is 0. The first-order valence-electron chi connectivity index (χ1n) is 3.72. The first-order chi connectivity index (χ1) is 5.83. The standard InChI is InChI=1S/C8H10FN.C2H4/c1-10-6-7-2-4-8(9)5-3-7;1-2/h2-5,10H,6H2,1H3;1-2H2. The Morgan fingerprint density at radius 2 is 1.75 bits per heavy atom. The molecule has 0 aliphatic heterocycles. The van der Waals surface area contributed by atoms with Gasteiger partial charge >= 0.3 is 0 Å². The number of halogens is 1. The Morgan fingerprint density at radius 3 is 2.17 bits per heavy atom. The van der Waals surface area contributed by atoms with Gasteiger partial charge in [-0.3, -0.25) is 0 Å². The molecule has 0 aliphatic rings. The maximum atomic E-state index is 12.3. The van der Waals surface area contributed by atoms with Crippen molar-refractivity contribution in [2.45, 2.75) is 6.54 Å². The molecular formula is C10H14FN. The fourth-order valence-corrected chi connectivity index (χ4v) is 0.806. The Hall–Kier alpha value is -1.15. The highest BCUT2D eigenvalue weighted by Crippen LogP contribution is 2.01. The number of hydrogen-bond acceptors (Lipinski definition) is 1. The van der Waals surface area contributed by atoms with Crippen LogP contribution in [0.25, 0.3) is 0 Å². The Balaban J connectivity index is 0.000000561. The van der Waals surface area contributed by atoms with Crippen molar-refractivity contribution in [2.75, 3.05) is 7.05 Å². The fraction of sp³-hybridized carbons (Fsp3) is 0.200. The van der Waals surface area contributed by atoms with Crippen LogP contribution >= 0.6 is 0 Å². The first kappa shape index (κ1) is 10.8. The second-order valence-electron chi connectivity index (χ2n) is 2.16. The van der Waals surface area contributed by atoms with E-state index in [-0.39, 0.29) is 5.82 Å². The highest BCUT2D eigenvalue weighted by atomic mass is 19.1. The number of rotatable bonds is 2. The minimum absolute atomic E-state index is 0.181. The average molecular weight is 167 g/mol. The second-order valence-corrected chi connectivity index (χ2v) is 2.16. The van der Waals surface area contributed by atoms with Gasteiger partial charge in [0.15, 0.2) is 0 Å². The van der Waals surface area contributed by atoms with Crippen molar-refractivity contribution in [2.24, 2.45) is 0 Å². The Labute approximate surface area is 72.9 Å². The van der Waals surface area contributed by atoms with Crippen LogP contribution in [0.4, 0.5) is 4.39 Å². The summed E-state index contributed by atoms with van der Waals surface area (Å²) < 4.78 is 12.3. The van der Waals surface area contributed by atoms with Crippen molar-refractivity contribution in [1.82, 2.24) is 5.32 Å². The summed E-state index contributed by atoms with van der Waals surface area (Å²) in [5.74, 6) is -0.181. The van der Waals surface area contributed by atoms with Gasteiger partial charge in [0.1, 0.15) is 5.82 Å². The van der Waals surface area contributed by atoms with Crippen molar-refractivity contribution in [3.63, 3.8) is 0 Å². The van der Waals surface area contributed by atoms with Crippen LogP contribution in [0, 0.1) is 5.82 Å². The van der Waals surface area contributed by atoms with Crippen LogP contribution in [0.1, 0.15) is 5.56 Å². The van der Waals surface area contributed by atoms with Crippen LogP contribution in [-0.2, 0) is 6.54 Å². The lowest BCUT2D eigenvalue weighted by Crippen LogP contribution is -2.04. The van der Waals surface area contributed by atoms with E-state index in [2.05, 4.69) is 18.5 Å². The summed E-state index contributed by atoms with van der Waals surface area (Å²) >= 11 is 0. The van der Waals surface area contributed by atoms with Gasteiger partial charge in [0.25, 0.3) is 0 Å². The van der Waals surface area contributed by atoms with Crippen LogP contribution < -0.4 is 5.32 Å². The van der Waals surface area contributed by atoms with Crippen molar-refractivity contribution >= 4 is 0 Å². The topological polar surface area (TPSA) is 12.0 Å². The smallest absolute Gasteiger partial charge is 0.123 e. The predicted octanol–water partition coefficient (Wildman–Crippen LogP) is 2.35. The molecule has 0 fully saturated rings. The summed E-state index contributed by atoms with van der Waals surface area (Å²) in [5, 5.41) is 2.98. The summed E-state index contributed by atoms with van der Waals surface area (Å²) in [4.78, 5) is 0. The molecule has 66 valence electrons. The van der Waals surface area contributed by atoms with E-state index in [4.69, 9.17) is 0 Å². The van der Waals surface area contributed by atoms with Gasteiger partial charge in [-0.25, -0.2) is 4.39 Å². The van der Waals surface area contributed by atoms with Crippen LogP contribution in [0.2, 0.25) is 0 Å². The zero-order valence-electron chi connectivity index (χ0n) is 7.31. The van der Waals surface area contributed by atoms with E-state index in [1.807, 2.05) is 7.05 Å². The van der Waals surface area contributed by atoms with E-state index in [0.29, 0.717) is 0 Å². The number of benzene rings is 1. The van der Waals surface area contributed by atoms with E-state index < -0.39 is 0 Å². The molecule has 0 aliphatic carbocycles. The van der Waals surface area contributed by atoms with E-state index in [9.17, 15) is 4.39 Å². The third-order valence-electron chi connectivity index (χ3n) is 1.29. The van der Waals surface area contributed by atoms with Crippen molar-refractivity contribution in [3.05, 3.63) is 48.8 Å². The summed E-state index contributed by atoms with van der Waals surface area (Å²) in [7, 11) is 1.86. The fourth-order valence-electron chi connectivity index (χ4n) is 0.806. The quantitative estimate of drug-likeness (QED) is 0.667. The molecular weight excluding hydrogens is 153 g/mol. The van der Waals surface area contributed by atoms with Crippen molar-refractivity contribution in [1.29, 1.82) is 0 Å². The third kappa shape index (κ3) is 3.88. The monoisotopic (exact) mass is 167 g/mol. The molecule has 0 aromatic heterocycles. The zero-order valence-corrected chi connectivity index (χ0v) is 7.31. The molecule has 2 heteroatoms. The Kier molecular flexibility index (Phi) is 5.93. The molecule has 0 unspecified atom stereocenters. The molecule has 1 aromatic rings. The molecule has 0 saturated carbocycles. The van der Waals surface area contributed by atoms with E-state index >= 15 is 0 Å². The minimum Gasteiger partial charge on any atom is -0.316 e. The van der Waals surface area contributed by atoms with Crippen LogP contribution in [-0.4, -0.2) is 7.05 Å². The zero-order chi connectivity index (χ0) is 9.40. The summed E-state index contributed by atoms with van der Waals surface area (Å²) in [6.45, 7) is 6.79. The van der Waals surface area contributed by atoms with Gasteiger partial charge in [0.05, 0.1) is 0 Å². The van der Waals surface area contributed by atoms with E-state index in [1.165, 1.54) is 12.1 Å². The van der Waals surface area contributed by atoms with Crippen LogP contribution in [0.3, 0.4) is 0 Å². The molecule has 0 atom stereocenters. The van der Waals surface area contributed by atoms with Gasteiger partial charge in [-0.05, 0) is 24.7 Å². The summed E-state index contributed by atoms with van der Waals surface area (Å²) in [5.41, 5.74) is 1.10. The summed E-state index contributed by atoms with van der Waals surface area (Å²) in [6, 6.07) is 6.47. The molecule has 0 heterocycles. The molecule has 1 nitrogen and oxygen atoms in total. The lowest BCUT2D eigenvalue weighted by Gasteiger charge is -1.97. The second kappa shape index (κ2) is 6.55. The Bertz CT molecular complexity index is 206. The highest BCUT2D eigenvalue weighted by Gasteiger charge is 1.89. The molecule has 0 radical (unpaired) electrons. The highest BCUT2D eigenvalue weighted by molar-refractivity contribution is 5.15. The lowest BCUT2D eigenvalue weighted by molar-refractivity contribution is 0.626. The van der Waals surface area contributed by atoms with Gasteiger partial charge in [-0.15, -0.1) is 13.2 Å². The van der Waals surface area contributed by atoms with Gasteiger partial charge < -0.3 is 5.32 Å². The molecule has 1 N–H and O–H groups in total. The van der Waals surface area contributed by atoms with Crippen molar-refractivity contribution in [3.8, 4) is 0 Å². The largest absolute Gasteiger partial charge is 0.316 e. The predicted molar refractivity (Wildman–Crippen MR) is 50.4 cm³/mol. The van der Waals surface area contributed by atoms with Gasteiger partial charge in [0, 0.05) is 6.54 Å². The van der Waals surface area contributed by atoms with Gasteiger partial charge in [-0.1, -0.05) is 12.1 Å². The molecule has 1 rings (SSSR count). The molecule has 0 bridgehead atoms. The lowest BCUT2D eigenvalue weighted by atomic mass is 10.2. The maximum absolute atomic E-state index is 12.3. The maximum Gasteiger partial charge on any atom is 0.123 e. The normalized spacial score (nSPS) is 8.50. The molecule has 0 saturated heterocycles.